The van der Waals surface area contributed by atoms with Crippen LogP contribution in [-0.2, 0) is 27.9 Å². The smallest absolute Gasteiger partial charge is 0.243 e. The molecule has 1 fully saturated rings. The van der Waals surface area contributed by atoms with Crippen molar-refractivity contribution in [2.24, 2.45) is 11.5 Å². The number of fused-ring (bicyclic) bond motifs is 1. The average Bonchev–Trinajstić information content (AvgIpc) is 3.12. The maximum atomic E-state index is 12.1. The number of nitrogens with two attached hydrogens (primary N) is 2. The largest absolute Gasteiger partial charge is 0.485 e. The maximum Gasteiger partial charge on any atom is 0.243 e. The van der Waals surface area contributed by atoms with E-state index in [1.54, 1.807) is 18.3 Å². The third kappa shape index (κ3) is 3.15. The van der Waals surface area contributed by atoms with Crippen molar-refractivity contribution in [2.45, 2.75) is 44.2 Å². The third-order valence-corrected chi connectivity index (χ3v) is 5.22. The lowest BCUT2D eigenvalue weighted by molar-refractivity contribution is -0.123. The molecule has 1 saturated heterocycles. The molecule has 8 heteroatoms. The van der Waals surface area contributed by atoms with E-state index in [0.717, 1.165) is 30.5 Å². The fourth-order valence-corrected chi connectivity index (χ4v) is 3.46. The molecule has 2 aliphatic rings. The average molecular weight is 369 g/mol. The Balaban J connectivity index is 1.77. The fourth-order valence-electron chi connectivity index (χ4n) is 3.46. The van der Waals surface area contributed by atoms with Crippen LogP contribution in [0.4, 0.5) is 0 Å². The van der Waals surface area contributed by atoms with Crippen molar-refractivity contribution < 1.29 is 14.3 Å². The molecule has 4 rings (SSSR count). The van der Waals surface area contributed by atoms with Crippen LogP contribution in [0.2, 0.25) is 0 Å². The predicted molar refractivity (Wildman–Crippen MR) is 97.9 cm³/mol. The van der Waals surface area contributed by atoms with Gasteiger partial charge in [0.15, 0.2) is 5.82 Å². The van der Waals surface area contributed by atoms with Crippen LogP contribution in [0.25, 0.3) is 11.5 Å². The van der Waals surface area contributed by atoms with E-state index in [1.807, 2.05) is 6.92 Å². The molecule has 8 nitrogen and oxygen atoms in total. The maximum absolute atomic E-state index is 12.1. The van der Waals surface area contributed by atoms with E-state index in [9.17, 15) is 4.79 Å². The minimum Gasteiger partial charge on any atom is -0.485 e. The predicted octanol–water partition coefficient (Wildman–Crippen LogP) is 0.854. The molecule has 1 aliphatic heterocycles. The highest BCUT2D eigenvalue weighted by Gasteiger charge is 2.38. The van der Waals surface area contributed by atoms with Crippen LogP contribution < -0.4 is 16.2 Å². The quantitative estimate of drug-likeness (QED) is 0.773. The van der Waals surface area contributed by atoms with Crippen molar-refractivity contribution in [3.8, 4) is 17.3 Å². The molecule has 0 saturated carbocycles. The summed E-state index contributed by atoms with van der Waals surface area (Å²) in [4.78, 5) is 25.8. The third-order valence-electron chi connectivity index (χ3n) is 5.22. The number of primary amides is 1. The van der Waals surface area contributed by atoms with Gasteiger partial charge in [0.05, 0.1) is 18.9 Å². The zero-order chi connectivity index (χ0) is 19.0. The summed E-state index contributed by atoms with van der Waals surface area (Å²) in [6.45, 7) is 3.01. The van der Waals surface area contributed by atoms with E-state index in [0.29, 0.717) is 42.6 Å². The van der Waals surface area contributed by atoms with Gasteiger partial charge >= 0.3 is 0 Å². The molecule has 3 heterocycles. The molecule has 1 aliphatic carbocycles. The van der Waals surface area contributed by atoms with E-state index < -0.39 is 11.4 Å². The summed E-state index contributed by atoms with van der Waals surface area (Å²) in [6, 6.07) is 3.59. The lowest BCUT2D eigenvalue weighted by Gasteiger charge is -2.27. The van der Waals surface area contributed by atoms with Crippen LogP contribution in [-0.4, -0.2) is 40.2 Å². The van der Waals surface area contributed by atoms with Crippen LogP contribution in [0.3, 0.4) is 0 Å². The van der Waals surface area contributed by atoms with Gasteiger partial charge in [-0.15, -0.1) is 0 Å². The number of hydrogen-bond donors (Lipinski definition) is 2. The molecule has 2 aromatic rings. The second-order valence-corrected chi connectivity index (χ2v) is 7.02. The first-order valence-electron chi connectivity index (χ1n) is 9.21. The van der Waals surface area contributed by atoms with E-state index >= 15 is 0 Å². The molecule has 0 bridgehead atoms. The van der Waals surface area contributed by atoms with Crippen molar-refractivity contribution in [3.63, 3.8) is 0 Å². The zero-order valence-corrected chi connectivity index (χ0v) is 15.3. The molecule has 1 unspecified atom stereocenters. The summed E-state index contributed by atoms with van der Waals surface area (Å²) in [5.74, 6) is 0.535. The Labute approximate surface area is 157 Å². The number of hydrogen-bond acceptors (Lipinski definition) is 7. The molecule has 142 valence electrons. The van der Waals surface area contributed by atoms with Crippen molar-refractivity contribution in [3.05, 3.63) is 35.3 Å². The van der Waals surface area contributed by atoms with Crippen molar-refractivity contribution in [2.75, 3.05) is 13.2 Å². The van der Waals surface area contributed by atoms with Crippen LogP contribution in [0, 0.1) is 0 Å². The summed E-state index contributed by atoms with van der Waals surface area (Å²) in [7, 11) is 0. The van der Waals surface area contributed by atoms with Gasteiger partial charge in [-0.2, -0.15) is 0 Å². The van der Waals surface area contributed by atoms with E-state index in [4.69, 9.17) is 20.9 Å². The van der Waals surface area contributed by atoms with Crippen LogP contribution in [0.15, 0.2) is 18.3 Å². The molecule has 27 heavy (non-hydrogen) atoms. The minimum atomic E-state index is -1.32. The van der Waals surface area contributed by atoms with Gasteiger partial charge in [0.1, 0.15) is 23.1 Å². The number of pyridine rings is 1. The Morgan fingerprint density at radius 2 is 2.19 bits per heavy atom. The molecule has 0 aromatic carbocycles. The Kier molecular flexibility index (Phi) is 4.53. The Hall–Kier alpha value is -2.58. The fraction of sp³-hybridized carbons (Fsp3) is 0.474. The number of amides is 1. The van der Waals surface area contributed by atoms with Crippen LogP contribution in [0.1, 0.15) is 36.7 Å². The first-order valence-corrected chi connectivity index (χ1v) is 9.21. The number of ether oxygens (including phenoxy) is 2. The van der Waals surface area contributed by atoms with Gasteiger partial charge in [0.2, 0.25) is 5.91 Å². The summed E-state index contributed by atoms with van der Waals surface area (Å²) in [5.41, 5.74) is 13.6. The highest BCUT2D eigenvalue weighted by atomic mass is 16.6. The van der Waals surface area contributed by atoms with Gasteiger partial charge in [0.25, 0.3) is 0 Å². The SMILES string of the molecule is CCC(N)(C(N)=O)c1nc(-c2cc(OC3COC3)ccn2)nc2c1CCC2. The second kappa shape index (κ2) is 6.86. The molecule has 0 spiro atoms. The Morgan fingerprint density at radius 1 is 1.37 bits per heavy atom. The highest BCUT2D eigenvalue weighted by molar-refractivity contribution is 5.86. The molecule has 4 N–H and O–H groups in total. The summed E-state index contributed by atoms with van der Waals surface area (Å²) in [6.07, 6.45) is 4.66. The summed E-state index contributed by atoms with van der Waals surface area (Å²) >= 11 is 0. The normalized spacial score (nSPS) is 18.4. The van der Waals surface area contributed by atoms with Crippen LogP contribution in [0.5, 0.6) is 5.75 Å². The summed E-state index contributed by atoms with van der Waals surface area (Å²) in [5, 5.41) is 0. The van der Waals surface area contributed by atoms with Crippen molar-refractivity contribution in [1.82, 2.24) is 15.0 Å². The van der Waals surface area contributed by atoms with Gasteiger partial charge in [-0.05, 0) is 37.3 Å². The monoisotopic (exact) mass is 369 g/mol. The molecule has 2 aromatic heterocycles. The van der Waals surface area contributed by atoms with E-state index in [1.165, 1.54) is 0 Å². The number of carbonyl (C=O) groups excluding carboxylic acids is 1. The molecule has 1 atom stereocenters. The first kappa shape index (κ1) is 17.8. The molecular formula is C19H23N5O3. The van der Waals surface area contributed by atoms with Gasteiger partial charge in [0, 0.05) is 18.0 Å². The number of rotatable bonds is 6. The van der Waals surface area contributed by atoms with Crippen LogP contribution >= 0.6 is 0 Å². The molecule has 0 radical (unpaired) electrons. The molecular weight excluding hydrogens is 346 g/mol. The standard InChI is InChI=1S/C19H23N5O3/c1-2-19(21,18(20)25)16-13-4-3-5-14(13)23-17(24-16)15-8-11(6-7-22-15)27-12-9-26-10-12/h6-8,12H,2-5,9-10,21H2,1H3,(H2,20,25). The number of aromatic nitrogens is 3. The number of aryl methyl sites for hydroxylation is 1. The Morgan fingerprint density at radius 3 is 2.85 bits per heavy atom. The first-order chi connectivity index (χ1) is 13.0. The van der Waals surface area contributed by atoms with Gasteiger partial charge in [-0.3, -0.25) is 9.78 Å². The zero-order valence-electron chi connectivity index (χ0n) is 15.3. The highest BCUT2D eigenvalue weighted by Crippen LogP contribution is 2.33. The number of nitrogens with zero attached hydrogens (tertiary/aromatic N) is 3. The lowest BCUT2D eigenvalue weighted by atomic mass is 9.88. The summed E-state index contributed by atoms with van der Waals surface area (Å²) < 4.78 is 11.0. The van der Waals surface area contributed by atoms with Gasteiger partial charge < -0.3 is 20.9 Å². The second-order valence-electron chi connectivity index (χ2n) is 7.02. The van der Waals surface area contributed by atoms with Crippen molar-refractivity contribution in [1.29, 1.82) is 0 Å². The lowest BCUT2D eigenvalue weighted by Crippen LogP contribution is -2.50. The van der Waals surface area contributed by atoms with Gasteiger partial charge in [-0.1, -0.05) is 6.92 Å². The molecule has 1 amide bonds. The van der Waals surface area contributed by atoms with Crippen molar-refractivity contribution >= 4 is 5.91 Å². The van der Waals surface area contributed by atoms with E-state index in [-0.39, 0.29) is 6.10 Å². The minimum absolute atomic E-state index is 0.0587. The Bertz CT molecular complexity index is 884. The topological polar surface area (TPSA) is 126 Å². The van der Waals surface area contributed by atoms with E-state index in [2.05, 4.69) is 15.0 Å². The number of carbonyl (C=O) groups is 1. The van der Waals surface area contributed by atoms with Gasteiger partial charge in [-0.25, -0.2) is 9.97 Å².